The zero-order chi connectivity index (χ0) is 13.3. The Kier molecular flexibility index (Phi) is 3.43. The number of nitrogens with zero attached hydrogens (tertiary/aromatic N) is 2. The van der Waals surface area contributed by atoms with Gasteiger partial charge < -0.3 is 14.4 Å². The summed E-state index contributed by atoms with van der Waals surface area (Å²) in [7, 11) is 0. The Bertz CT molecular complexity index is 479. The SMILES string of the molecule is O=C(c1cccc(Cl)n1)N1CCC2(CC1)OCCO2. The summed E-state index contributed by atoms with van der Waals surface area (Å²) in [5.74, 6) is -0.547. The number of amides is 1. The summed E-state index contributed by atoms with van der Waals surface area (Å²) in [4.78, 5) is 18.1. The molecule has 2 saturated heterocycles. The topological polar surface area (TPSA) is 51.7 Å². The van der Waals surface area contributed by atoms with E-state index in [0.29, 0.717) is 50.0 Å². The Morgan fingerprint density at radius 1 is 1.26 bits per heavy atom. The lowest BCUT2D eigenvalue weighted by atomic mass is 10.0. The van der Waals surface area contributed by atoms with Crippen molar-refractivity contribution >= 4 is 17.5 Å². The van der Waals surface area contributed by atoms with Crippen LogP contribution in [0.15, 0.2) is 18.2 Å². The third-order valence-corrected chi connectivity index (χ3v) is 3.77. The average Bonchev–Trinajstić information content (AvgIpc) is 2.87. The maximum absolute atomic E-state index is 12.3. The van der Waals surface area contributed by atoms with Gasteiger partial charge in [-0.05, 0) is 12.1 Å². The van der Waals surface area contributed by atoms with E-state index in [-0.39, 0.29) is 5.91 Å². The van der Waals surface area contributed by atoms with Gasteiger partial charge in [-0.15, -0.1) is 0 Å². The number of hydrogen-bond acceptors (Lipinski definition) is 4. The summed E-state index contributed by atoms with van der Waals surface area (Å²) >= 11 is 5.80. The van der Waals surface area contributed by atoms with Crippen LogP contribution in [0.5, 0.6) is 0 Å². The van der Waals surface area contributed by atoms with E-state index >= 15 is 0 Å². The lowest BCUT2D eigenvalue weighted by molar-refractivity contribution is -0.181. The van der Waals surface area contributed by atoms with Crippen molar-refractivity contribution in [2.24, 2.45) is 0 Å². The molecule has 5 nitrogen and oxygen atoms in total. The van der Waals surface area contributed by atoms with Crippen LogP contribution in [0.4, 0.5) is 0 Å². The zero-order valence-corrected chi connectivity index (χ0v) is 11.2. The average molecular weight is 283 g/mol. The number of rotatable bonds is 1. The highest BCUT2D eigenvalue weighted by Gasteiger charge is 2.40. The van der Waals surface area contributed by atoms with Crippen LogP contribution in [0.2, 0.25) is 5.15 Å². The Labute approximate surface area is 116 Å². The zero-order valence-electron chi connectivity index (χ0n) is 10.5. The predicted molar refractivity (Wildman–Crippen MR) is 69.0 cm³/mol. The number of halogens is 1. The van der Waals surface area contributed by atoms with Gasteiger partial charge in [0.05, 0.1) is 13.2 Å². The Balaban J connectivity index is 1.66. The smallest absolute Gasteiger partial charge is 0.272 e. The van der Waals surface area contributed by atoms with Crippen molar-refractivity contribution in [3.8, 4) is 0 Å². The van der Waals surface area contributed by atoms with Crippen molar-refractivity contribution in [1.82, 2.24) is 9.88 Å². The highest BCUT2D eigenvalue weighted by atomic mass is 35.5. The molecule has 3 rings (SSSR count). The third kappa shape index (κ3) is 2.59. The van der Waals surface area contributed by atoms with Gasteiger partial charge in [0, 0.05) is 25.9 Å². The molecule has 0 atom stereocenters. The fourth-order valence-electron chi connectivity index (χ4n) is 2.53. The molecular weight excluding hydrogens is 268 g/mol. The number of carbonyl (C=O) groups is 1. The number of hydrogen-bond donors (Lipinski definition) is 0. The van der Waals surface area contributed by atoms with Gasteiger partial charge in [-0.25, -0.2) is 4.98 Å². The second-order valence-electron chi connectivity index (χ2n) is 4.75. The number of carbonyl (C=O) groups excluding carboxylic acids is 1. The van der Waals surface area contributed by atoms with Gasteiger partial charge in [0.1, 0.15) is 10.8 Å². The second kappa shape index (κ2) is 5.07. The van der Waals surface area contributed by atoms with E-state index in [1.165, 1.54) is 0 Å². The molecule has 3 heterocycles. The lowest BCUT2D eigenvalue weighted by Crippen LogP contribution is -2.47. The fraction of sp³-hybridized carbons (Fsp3) is 0.538. The Morgan fingerprint density at radius 2 is 1.95 bits per heavy atom. The number of pyridine rings is 1. The molecule has 0 aliphatic carbocycles. The highest BCUT2D eigenvalue weighted by molar-refractivity contribution is 6.29. The number of likely N-dealkylation sites (tertiary alicyclic amines) is 1. The summed E-state index contributed by atoms with van der Waals surface area (Å²) in [6, 6.07) is 5.07. The molecule has 1 amide bonds. The van der Waals surface area contributed by atoms with E-state index in [4.69, 9.17) is 21.1 Å². The monoisotopic (exact) mass is 282 g/mol. The molecule has 1 aromatic rings. The van der Waals surface area contributed by atoms with Gasteiger partial charge in [-0.1, -0.05) is 17.7 Å². The first-order valence-corrected chi connectivity index (χ1v) is 6.76. The largest absolute Gasteiger partial charge is 0.347 e. The molecule has 0 unspecified atom stereocenters. The number of aromatic nitrogens is 1. The second-order valence-corrected chi connectivity index (χ2v) is 5.13. The van der Waals surface area contributed by atoms with E-state index in [0.717, 1.165) is 0 Å². The lowest BCUT2D eigenvalue weighted by Gasteiger charge is -2.37. The van der Waals surface area contributed by atoms with Crippen molar-refractivity contribution in [1.29, 1.82) is 0 Å². The number of ether oxygens (including phenoxy) is 2. The van der Waals surface area contributed by atoms with Crippen molar-refractivity contribution in [3.05, 3.63) is 29.0 Å². The van der Waals surface area contributed by atoms with Gasteiger partial charge >= 0.3 is 0 Å². The first-order valence-electron chi connectivity index (χ1n) is 6.38. The molecular formula is C13H15ClN2O3. The van der Waals surface area contributed by atoms with E-state index < -0.39 is 5.79 Å². The van der Waals surface area contributed by atoms with Gasteiger partial charge in [0.2, 0.25) is 0 Å². The van der Waals surface area contributed by atoms with Gasteiger partial charge in [-0.2, -0.15) is 0 Å². The summed E-state index contributed by atoms with van der Waals surface area (Å²) in [6.07, 6.45) is 1.42. The van der Waals surface area contributed by atoms with Crippen LogP contribution in [-0.2, 0) is 9.47 Å². The molecule has 2 fully saturated rings. The van der Waals surface area contributed by atoms with Crippen LogP contribution in [0.1, 0.15) is 23.3 Å². The third-order valence-electron chi connectivity index (χ3n) is 3.56. The molecule has 0 saturated carbocycles. The first-order chi connectivity index (χ1) is 9.19. The quantitative estimate of drug-likeness (QED) is 0.736. The van der Waals surface area contributed by atoms with Crippen LogP contribution in [0.3, 0.4) is 0 Å². The van der Waals surface area contributed by atoms with Gasteiger partial charge in [0.25, 0.3) is 5.91 Å². The summed E-state index contributed by atoms with van der Waals surface area (Å²) < 4.78 is 11.3. The molecule has 19 heavy (non-hydrogen) atoms. The molecule has 1 aromatic heterocycles. The number of piperidine rings is 1. The van der Waals surface area contributed by atoms with E-state index in [1.54, 1.807) is 23.1 Å². The molecule has 0 N–H and O–H groups in total. The standard InChI is InChI=1S/C13H15ClN2O3/c14-11-3-1-2-10(15-11)12(17)16-6-4-13(5-7-16)18-8-9-19-13/h1-3H,4-9H2. The maximum Gasteiger partial charge on any atom is 0.272 e. The molecule has 0 aromatic carbocycles. The van der Waals surface area contributed by atoms with Gasteiger partial charge in [-0.3, -0.25) is 4.79 Å². The predicted octanol–water partition coefficient (Wildman–Crippen LogP) is 1.71. The summed E-state index contributed by atoms with van der Waals surface area (Å²) in [6.45, 7) is 2.52. The van der Waals surface area contributed by atoms with Crippen molar-refractivity contribution < 1.29 is 14.3 Å². The molecule has 2 aliphatic rings. The van der Waals surface area contributed by atoms with E-state index in [2.05, 4.69) is 4.98 Å². The first kappa shape index (κ1) is 12.8. The normalized spacial score (nSPS) is 21.8. The molecule has 102 valence electrons. The molecule has 0 radical (unpaired) electrons. The van der Waals surface area contributed by atoms with Crippen LogP contribution in [0, 0.1) is 0 Å². The van der Waals surface area contributed by atoms with Crippen LogP contribution < -0.4 is 0 Å². The van der Waals surface area contributed by atoms with Crippen molar-refractivity contribution in [3.63, 3.8) is 0 Å². The highest BCUT2D eigenvalue weighted by Crippen LogP contribution is 2.31. The minimum atomic E-state index is -0.460. The van der Waals surface area contributed by atoms with Crippen molar-refractivity contribution in [2.45, 2.75) is 18.6 Å². The van der Waals surface area contributed by atoms with E-state index in [1.807, 2.05) is 0 Å². The minimum absolute atomic E-state index is 0.0876. The minimum Gasteiger partial charge on any atom is -0.347 e. The van der Waals surface area contributed by atoms with Crippen LogP contribution in [0.25, 0.3) is 0 Å². The molecule has 0 bridgehead atoms. The van der Waals surface area contributed by atoms with Crippen LogP contribution >= 0.6 is 11.6 Å². The Hall–Kier alpha value is -1.17. The summed E-state index contributed by atoms with van der Waals surface area (Å²) in [5, 5.41) is 0.335. The maximum atomic E-state index is 12.3. The Morgan fingerprint density at radius 3 is 2.58 bits per heavy atom. The van der Waals surface area contributed by atoms with Crippen molar-refractivity contribution in [2.75, 3.05) is 26.3 Å². The fourth-order valence-corrected chi connectivity index (χ4v) is 2.69. The molecule has 6 heteroatoms. The molecule has 2 aliphatic heterocycles. The molecule has 1 spiro atoms. The van der Waals surface area contributed by atoms with E-state index in [9.17, 15) is 4.79 Å². The van der Waals surface area contributed by atoms with Crippen LogP contribution in [-0.4, -0.2) is 47.9 Å². The summed E-state index contributed by atoms with van der Waals surface area (Å²) in [5.41, 5.74) is 0.386. The van der Waals surface area contributed by atoms with Gasteiger partial charge in [0.15, 0.2) is 5.79 Å².